The molecule has 2 N–H and O–H groups in total. The number of aromatic nitrogens is 1. The van der Waals surface area contributed by atoms with Crippen LogP contribution in [0.3, 0.4) is 0 Å². The zero-order chi connectivity index (χ0) is 14.6. The lowest BCUT2D eigenvalue weighted by Gasteiger charge is -2.27. The van der Waals surface area contributed by atoms with Crippen LogP contribution in [-0.2, 0) is 4.74 Å². The van der Waals surface area contributed by atoms with E-state index in [9.17, 15) is 4.79 Å². The fraction of sp³-hybridized carbons (Fsp3) is 0.600. The molecule has 1 aliphatic rings. The van der Waals surface area contributed by atoms with Crippen LogP contribution in [0.15, 0.2) is 24.5 Å². The summed E-state index contributed by atoms with van der Waals surface area (Å²) in [7, 11) is 0. The summed E-state index contributed by atoms with van der Waals surface area (Å²) in [5.41, 5.74) is 0.532. The monoisotopic (exact) mass is 277 g/mol. The molecule has 0 aromatic carbocycles. The van der Waals surface area contributed by atoms with E-state index in [1.165, 1.54) is 0 Å². The summed E-state index contributed by atoms with van der Waals surface area (Å²) in [6.07, 6.45) is 4.20. The Balaban J connectivity index is 2.09. The molecule has 0 saturated carbocycles. The van der Waals surface area contributed by atoms with E-state index >= 15 is 0 Å². The van der Waals surface area contributed by atoms with E-state index in [0.29, 0.717) is 5.92 Å². The van der Waals surface area contributed by atoms with Crippen molar-refractivity contribution in [1.82, 2.24) is 15.6 Å². The van der Waals surface area contributed by atoms with Gasteiger partial charge in [-0.1, -0.05) is 6.07 Å². The van der Waals surface area contributed by atoms with Crippen molar-refractivity contribution in [3.63, 3.8) is 0 Å². The first-order chi connectivity index (χ1) is 9.46. The van der Waals surface area contributed by atoms with Crippen molar-refractivity contribution in [3.05, 3.63) is 30.1 Å². The number of hydrogen-bond acceptors (Lipinski definition) is 4. The van der Waals surface area contributed by atoms with Gasteiger partial charge in [0.1, 0.15) is 5.60 Å². The van der Waals surface area contributed by atoms with Crippen molar-refractivity contribution in [2.45, 2.75) is 38.8 Å². The van der Waals surface area contributed by atoms with Crippen molar-refractivity contribution in [1.29, 1.82) is 0 Å². The minimum absolute atomic E-state index is 0.0615. The molecule has 2 rings (SSSR count). The van der Waals surface area contributed by atoms with Gasteiger partial charge in [0.25, 0.3) is 0 Å². The van der Waals surface area contributed by atoms with E-state index in [0.717, 1.165) is 25.1 Å². The number of hydrogen-bond donors (Lipinski definition) is 2. The maximum absolute atomic E-state index is 12.0. The van der Waals surface area contributed by atoms with Crippen molar-refractivity contribution < 1.29 is 9.53 Å². The molecule has 20 heavy (non-hydrogen) atoms. The van der Waals surface area contributed by atoms with E-state index in [1.807, 2.05) is 32.9 Å². The Labute approximate surface area is 120 Å². The summed E-state index contributed by atoms with van der Waals surface area (Å²) in [6.45, 7) is 7.47. The first-order valence-corrected chi connectivity index (χ1v) is 7.06. The van der Waals surface area contributed by atoms with Crippen LogP contribution in [-0.4, -0.2) is 29.8 Å². The molecule has 1 unspecified atom stereocenters. The average Bonchev–Trinajstić information content (AvgIpc) is 2.88. The van der Waals surface area contributed by atoms with Crippen LogP contribution in [0.25, 0.3) is 0 Å². The van der Waals surface area contributed by atoms with Gasteiger partial charge in [0.05, 0.1) is 6.04 Å². The molecule has 5 heteroatoms. The summed E-state index contributed by atoms with van der Waals surface area (Å²) in [4.78, 5) is 16.2. The van der Waals surface area contributed by atoms with Gasteiger partial charge in [0.15, 0.2) is 0 Å². The van der Waals surface area contributed by atoms with Gasteiger partial charge in [-0.15, -0.1) is 0 Å². The van der Waals surface area contributed by atoms with Crippen molar-refractivity contribution >= 4 is 6.09 Å². The molecule has 0 bridgehead atoms. The van der Waals surface area contributed by atoms with Crippen LogP contribution in [0.2, 0.25) is 0 Å². The van der Waals surface area contributed by atoms with Crippen LogP contribution < -0.4 is 10.6 Å². The molecule has 2 atom stereocenters. The third-order valence-electron chi connectivity index (χ3n) is 3.29. The molecule has 2 heterocycles. The highest BCUT2D eigenvalue weighted by molar-refractivity contribution is 5.68. The standard InChI is InChI=1S/C15H23N3O2/c1-15(2,3)20-14(19)18-13(12-6-8-17-10-12)11-5-4-7-16-9-11/h4-5,7,9,12-13,17H,6,8,10H2,1-3H3,(H,18,19)/t12?,13-/m0/s1. The van der Waals surface area contributed by atoms with Crippen LogP contribution >= 0.6 is 0 Å². The quantitative estimate of drug-likeness (QED) is 0.889. The number of pyridine rings is 1. The van der Waals surface area contributed by atoms with Gasteiger partial charge in [0, 0.05) is 18.9 Å². The van der Waals surface area contributed by atoms with Crippen molar-refractivity contribution in [3.8, 4) is 0 Å². The van der Waals surface area contributed by atoms with E-state index in [2.05, 4.69) is 15.6 Å². The summed E-state index contributed by atoms with van der Waals surface area (Å²) < 4.78 is 5.36. The molecule has 1 aromatic heterocycles. The number of carbonyl (C=O) groups excluding carboxylic acids is 1. The minimum atomic E-state index is -0.489. The summed E-state index contributed by atoms with van der Waals surface area (Å²) in [6, 6.07) is 3.82. The molecule has 110 valence electrons. The van der Waals surface area contributed by atoms with Crippen LogP contribution in [0.4, 0.5) is 4.79 Å². The first kappa shape index (κ1) is 14.8. The number of rotatable bonds is 3. The SMILES string of the molecule is CC(C)(C)OC(=O)N[C@@H](c1cccnc1)C1CCNC1. The topological polar surface area (TPSA) is 63.2 Å². The Morgan fingerprint density at radius 1 is 1.55 bits per heavy atom. The lowest BCUT2D eigenvalue weighted by atomic mass is 9.93. The third kappa shape index (κ3) is 4.20. The lowest BCUT2D eigenvalue weighted by molar-refractivity contribution is 0.0487. The summed E-state index contributed by atoms with van der Waals surface area (Å²) in [5.74, 6) is 0.367. The highest BCUT2D eigenvalue weighted by Crippen LogP contribution is 2.26. The number of nitrogens with one attached hydrogen (secondary N) is 2. The van der Waals surface area contributed by atoms with Gasteiger partial charge >= 0.3 is 6.09 Å². The molecule has 1 aromatic rings. The molecular weight excluding hydrogens is 254 g/mol. The second-order valence-corrected chi connectivity index (χ2v) is 6.16. The van der Waals surface area contributed by atoms with Gasteiger partial charge in [-0.3, -0.25) is 4.98 Å². The molecule has 1 aliphatic heterocycles. The third-order valence-corrected chi connectivity index (χ3v) is 3.29. The Morgan fingerprint density at radius 2 is 2.35 bits per heavy atom. The van der Waals surface area contributed by atoms with Gasteiger partial charge in [-0.25, -0.2) is 4.79 Å². The Bertz CT molecular complexity index is 436. The fourth-order valence-corrected chi connectivity index (χ4v) is 2.43. The Kier molecular flexibility index (Phi) is 4.60. The zero-order valence-corrected chi connectivity index (χ0v) is 12.3. The smallest absolute Gasteiger partial charge is 0.408 e. The zero-order valence-electron chi connectivity index (χ0n) is 12.3. The maximum Gasteiger partial charge on any atom is 0.408 e. The molecule has 1 fully saturated rings. The van der Waals surface area contributed by atoms with Gasteiger partial charge in [-0.2, -0.15) is 0 Å². The number of carbonyl (C=O) groups is 1. The summed E-state index contributed by atoms with van der Waals surface area (Å²) in [5, 5.41) is 6.32. The lowest BCUT2D eigenvalue weighted by Crippen LogP contribution is -2.38. The predicted octanol–water partition coefficient (Wildman–Crippen LogP) is 2.26. The molecule has 1 saturated heterocycles. The summed E-state index contributed by atoms with van der Waals surface area (Å²) >= 11 is 0. The van der Waals surface area contributed by atoms with E-state index in [4.69, 9.17) is 4.74 Å². The predicted molar refractivity (Wildman–Crippen MR) is 77.3 cm³/mol. The van der Waals surface area contributed by atoms with E-state index in [1.54, 1.807) is 12.4 Å². The molecule has 0 aliphatic carbocycles. The first-order valence-electron chi connectivity index (χ1n) is 7.06. The van der Waals surface area contributed by atoms with Gasteiger partial charge in [0.2, 0.25) is 0 Å². The van der Waals surface area contributed by atoms with Gasteiger partial charge < -0.3 is 15.4 Å². The Hall–Kier alpha value is -1.62. The second kappa shape index (κ2) is 6.22. The van der Waals surface area contributed by atoms with Crippen molar-refractivity contribution in [2.24, 2.45) is 5.92 Å². The number of ether oxygens (including phenoxy) is 1. The molecular formula is C15H23N3O2. The molecule has 1 amide bonds. The van der Waals surface area contributed by atoms with E-state index < -0.39 is 5.60 Å². The maximum atomic E-state index is 12.0. The number of nitrogens with zero attached hydrogens (tertiary/aromatic N) is 1. The average molecular weight is 277 g/mol. The van der Waals surface area contributed by atoms with Gasteiger partial charge in [-0.05, 0) is 51.3 Å². The number of amides is 1. The molecule has 0 spiro atoms. The normalized spacial score (nSPS) is 20.4. The largest absolute Gasteiger partial charge is 0.444 e. The fourth-order valence-electron chi connectivity index (χ4n) is 2.43. The molecule has 5 nitrogen and oxygen atoms in total. The number of alkyl carbamates (subject to hydrolysis) is 1. The second-order valence-electron chi connectivity index (χ2n) is 6.16. The minimum Gasteiger partial charge on any atom is -0.444 e. The highest BCUT2D eigenvalue weighted by Gasteiger charge is 2.29. The van der Waals surface area contributed by atoms with E-state index in [-0.39, 0.29) is 12.1 Å². The van der Waals surface area contributed by atoms with Crippen LogP contribution in [0.5, 0.6) is 0 Å². The van der Waals surface area contributed by atoms with Crippen LogP contribution in [0, 0.1) is 5.92 Å². The molecule has 0 radical (unpaired) electrons. The highest BCUT2D eigenvalue weighted by atomic mass is 16.6. The Morgan fingerprint density at radius 3 is 2.90 bits per heavy atom. The van der Waals surface area contributed by atoms with Crippen LogP contribution in [0.1, 0.15) is 38.8 Å². The van der Waals surface area contributed by atoms with Crippen molar-refractivity contribution in [2.75, 3.05) is 13.1 Å².